The number of carbonyl (C=O) groups excluding carboxylic acids is 1. The van der Waals surface area contributed by atoms with Gasteiger partial charge < -0.3 is 14.4 Å². The highest BCUT2D eigenvalue weighted by molar-refractivity contribution is 5.84. The van der Waals surface area contributed by atoms with Gasteiger partial charge in [0.15, 0.2) is 6.10 Å². The summed E-state index contributed by atoms with van der Waals surface area (Å²) < 4.78 is 11.7. The second-order valence-corrected chi connectivity index (χ2v) is 8.82. The Morgan fingerprint density at radius 3 is 2.86 bits per heavy atom. The van der Waals surface area contributed by atoms with Gasteiger partial charge in [0.25, 0.3) is 0 Å². The number of pyridine rings is 1. The zero-order valence-corrected chi connectivity index (χ0v) is 17.0. The summed E-state index contributed by atoms with van der Waals surface area (Å²) in [7, 11) is 1.67. The molecule has 5 atom stereocenters. The summed E-state index contributed by atoms with van der Waals surface area (Å²) in [5.41, 5.74) is 1.97. The van der Waals surface area contributed by atoms with Crippen molar-refractivity contribution in [1.29, 1.82) is 0 Å². The molecule has 3 aliphatic heterocycles. The maximum atomic E-state index is 12.7. The van der Waals surface area contributed by atoms with E-state index in [-0.39, 0.29) is 24.0 Å². The van der Waals surface area contributed by atoms with Crippen molar-refractivity contribution in [3.63, 3.8) is 0 Å². The number of benzene rings is 1. The van der Waals surface area contributed by atoms with E-state index in [1.54, 1.807) is 12.0 Å². The van der Waals surface area contributed by atoms with E-state index in [1.807, 2.05) is 30.5 Å². The fourth-order valence-corrected chi connectivity index (χ4v) is 5.32. The summed E-state index contributed by atoms with van der Waals surface area (Å²) in [6.07, 6.45) is 7.93. The van der Waals surface area contributed by atoms with Gasteiger partial charge >= 0.3 is 5.97 Å². The number of rotatable bonds is 6. The van der Waals surface area contributed by atoms with E-state index in [0.717, 1.165) is 54.6 Å². The van der Waals surface area contributed by atoms with Crippen LogP contribution < -0.4 is 9.64 Å². The monoisotopic (exact) mass is 393 g/mol. The average Bonchev–Trinajstić information content (AvgIpc) is 3.62. The summed E-state index contributed by atoms with van der Waals surface area (Å²) in [6, 6.07) is 8.24. The van der Waals surface area contributed by atoms with Gasteiger partial charge in [0, 0.05) is 35.9 Å². The van der Waals surface area contributed by atoms with Crippen LogP contribution in [0.2, 0.25) is 0 Å². The third kappa shape index (κ3) is 3.42. The molecule has 1 aliphatic carbocycles. The molecular weight excluding hydrogens is 364 g/mol. The van der Waals surface area contributed by atoms with Gasteiger partial charge in [0.1, 0.15) is 11.8 Å². The SMILES string of the molecule is C=C[C@H]1C[NH+]2CC[C@@H]1C[C@H]2[C@@H](OC(=O)C1CC1)c1ccnc2ccc(OC)cc12. The number of methoxy groups -OCH3 is 1. The van der Waals surface area contributed by atoms with Crippen LogP contribution in [-0.4, -0.2) is 37.2 Å². The number of piperidine rings is 3. The minimum Gasteiger partial charge on any atom is -0.497 e. The first-order chi connectivity index (χ1) is 14.2. The lowest BCUT2D eigenvalue weighted by molar-refractivity contribution is -0.949. The summed E-state index contributed by atoms with van der Waals surface area (Å²) in [5.74, 6) is 2.06. The second kappa shape index (κ2) is 7.45. The minimum atomic E-state index is -0.246. The van der Waals surface area contributed by atoms with Crippen LogP contribution in [0.5, 0.6) is 5.75 Å². The fourth-order valence-electron chi connectivity index (χ4n) is 5.32. The number of nitrogens with zero attached hydrogens (tertiary/aromatic N) is 1. The Kier molecular flexibility index (Phi) is 4.78. The zero-order chi connectivity index (χ0) is 20.0. The van der Waals surface area contributed by atoms with Crippen LogP contribution in [0.25, 0.3) is 10.9 Å². The van der Waals surface area contributed by atoms with E-state index in [2.05, 4.69) is 17.6 Å². The second-order valence-electron chi connectivity index (χ2n) is 8.82. The summed E-state index contributed by atoms with van der Waals surface area (Å²) in [4.78, 5) is 18.8. The number of ether oxygens (including phenoxy) is 2. The molecule has 1 N–H and O–H groups in total. The van der Waals surface area contributed by atoms with Gasteiger partial charge in [-0.3, -0.25) is 9.78 Å². The Morgan fingerprint density at radius 2 is 2.17 bits per heavy atom. The number of fused-ring (bicyclic) bond motifs is 4. The zero-order valence-electron chi connectivity index (χ0n) is 17.0. The van der Waals surface area contributed by atoms with Crippen LogP contribution in [-0.2, 0) is 9.53 Å². The highest BCUT2D eigenvalue weighted by atomic mass is 16.5. The average molecular weight is 394 g/mol. The summed E-state index contributed by atoms with van der Waals surface area (Å²) in [5, 5.41) is 1.02. The molecule has 1 unspecified atom stereocenters. The Labute approximate surface area is 171 Å². The van der Waals surface area contributed by atoms with Gasteiger partial charge in [-0.25, -0.2) is 0 Å². The van der Waals surface area contributed by atoms with Crippen molar-refractivity contribution in [3.05, 3.63) is 48.7 Å². The van der Waals surface area contributed by atoms with Crippen LogP contribution >= 0.6 is 0 Å². The third-order valence-electron chi connectivity index (χ3n) is 7.13. The van der Waals surface area contributed by atoms with Gasteiger partial charge in [-0.1, -0.05) is 6.08 Å². The van der Waals surface area contributed by atoms with Gasteiger partial charge in [-0.2, -0.15) is 0 Å². The molecule has 1 saturated carbocycles. The first kappa shape index (κ1) is 18.6. The first-order valence-electron chi connectivity index (χ1n) is 10.8. The number of carbonyl (C=O) groups is 1. The van der Waals surface area contributed by atoms with Crippen molar-refractivity contribution in [2.75, 3.05) is 20.2 Å². The molecule has 4 heterocycles. The molecule has 0 spiro atoms. The third-order valence-corrected chi connectivity index (χ3v) is 7.13. The Bertz CT molecular complexity index is 939. The molecule has 1 aromatic carbocycles. The fraction of sp³-hybridized carbons (Fsp3) is 0.500. The number of hydrogen-bond acceptors (Lipinski definition) is 4. The molecule has 29 heavy (non-hydrogen) atoms. The Morgan fingerprint density at radius 1 is 1.31 bits per heavy atom. The molecule has 2 aromatic rings. The smallest absolute Gasteiger partial charge is 0.309 e. The topological polar surface area (TPSA) is 52.9 Å². The van der Waals surface area contributed by atoms with E-state index in [4.69, 9.17) is 9.47 Å². The van der Waals surface area contributed by atoms with E-state index >= 15 is 0 Å². The maximum Gasteiger partial charge on any atom is 0.309 e. The largest absolute Gasteiger partial charge is 0.497 e. The molecule has 3 saturated heterocycles. The van der Waals surface area contributed by atoms with Crippen molar-refractivity contribution in [3.8, 4) is 5.75 Å². The lowest BCUT2D eigenvalue weighted by Gasteiger charge is -2.48. The molecule has 0 amide bonds. The molecule has 152 valence electrons. The highest BCUT2D eigenvalue weighted by Crippen LogP contribution is 2.39. The van der Waals surface area contributed by atoms with E-state index in [1.165, 1.54) is 6.42 Å². The quantitative estimate of drug-likeness (QED) is 0.606. The molecule has 0 radical (unpaired) electrons. The van der Waals surface area contributed by atoms with Gasteiger partial charge in [0.2, 0.25) is 0 Å². The van der Waals surface area contributed by atoms with Crippen LogP contribution in [0.1, 0.15) is 37.4 Å². The van der Waals surface area contributed by atoms with Crippen LogP contribution in [0.15, 0.2) is 43.1 Å². The minimum absolute atomic E-state index is 0.0369. The molecule has 6 rings (SSSR count). The lowest BCUT2D eigenvalue weighted by Crippen LogP contribution is -3.20. The predicted octanol–water partition coefficient (Wildman–Crippen LogP) is 2.72. The molecule has 4 fully saturated rings. The standard InChI is InChI=1S/C24H28N2O3/c1-3-15-14-26-11-9-17(15)12-22(26)23(29-24(27)16-4-5-16)19-8-10-25-21-7-6-18(28-2)13-20(19)21/h3,6-8,10,13,15-17,22-23H,1,4-5,9,11-12,14H2,2H3/p+1/t15-,17+,22-,23-/m0/s1. The molecule has 2 bridgehead atoms. The van der Waals surface area contributed by atoms with Gasteiger partial charge in [-0.05, 0) is 43.0 Å². The van der Waals surface area contributed by atoms with E-state index < -0.39 is 0 Å². The normalized spacial score (nSPS) is 29.4. The number of hydrogen-bond donors (Lipinski definition) is 1. The molecule has 5 heteroatoms. The van der Waals surface area contributed by atoms with Gasteiger partial charge in [0.05, 0.1) is 31.6 Å². The van der Waals surface area contributed by atoms with Crippen molar-refractivity contribution in [2.24, 2.45) is 17.8 Å². The number of esters is 1. The number of quaternary nitrogens is 1. The molecule has 4 aliphatic rings. The van der Waals surface area contributed by atoms with Crippen molar-refractivity contribution in [1.82, 2.24) is 4.98 Å². The van der Waals surface area contributed by atoms with Crippen LogP contribution in [0.3, 0.4) is 0 Å². The Hall–Kier alpha value is -2.40. The maximum absolute atomic E-state index is 12.7. The molecule has 1 aromatic heterocycles. The molecule has 5 nitrogen and oxygen atoms in total. The van der Waals surface area contributed by atoms with Crippen molar-refractivity contribution < 1.29 is 19.2 Å². The van der Waals surface area contributed by atoms with E-state index in [9.17, 15) is 4.79 Å². The molecular formula is C24H29N2O3+. The van der Waals surface area contributed by atoms with E-state index in [0.29, 0.717) is 11.8 Å². The van der Waals surface area contributed by atoms with Crippen molar-refractivity contribution >= 4 is 16.9 Å². The number of nitrogens with one attached hydrogen (secondary N) is 1. The lowest BCUT2D eigenvalue weighted by atomic mass is 9.73. The van der Waals surface area contributed by atoms with Gasteiger partial charge in [-0.15, -0.1) is 6.58 Å². The van der Waals surface area contributed by atoms with Crippen molar-refractivity contribution in [2.45, 2.75) is 37.8 Å². The Balaban J connectivity index is 1.55. The summed E-state index contributed by atoms with van der Waals surface area (Å²) >= 11 is 0. The number of aromatic nitrogens is 1. The van der Waals surface area contributed by atoms with Crippen LogP contribution in [0, 0.1) is 17.8 Å². The predicted molar refractivity (Wildman–Crippen MR) is 111 cm³/mol. The first-order valence-corrected chi connectivity index (χ1v) is 10.8. The summed E-state index contributed by atoms with van der Waals surface area (Å²) in [6.45, 7) is 6.28. The highest BCUT2D eigenvalue weighted by Gasteiger charge is 2.48. The van der Waals surface area contributed by atoms with Crippen LogP contribution in [0.4, 0.5) is 0 Å².